The topological polar surface area (TPSA) is 317 Å². The second-order valence-corrected chi connectivity index (χ2v) is 22.8. The van der Waals surface area contributed by atoms with Crippen LogP contribution in [0.25, 0.3) is 66.5 Å². The van der Waals surface area contributed by atoms with Crippen LogP contribution in [0.3, 0.4) is 0 Å². The number of benzene rings is 3. The Hall–Kier alpha value is -11.0. The van der Waals surface area contributed by atoms with E-state index in [0.29, 0.717) is 87.4 Å². The van der Waals surface area contributed by atoms with Gasteiger partial charge >= 0.3 is 0 Å². The van der Waals surface area contributed by atoms with Crippen molar-refractivity contribution in [2.24, 2.45) is 0 Å². The van der Waals surface area contributed by atoms with Crippen molar-refractivity contribution in [3.05, 3.63) is 216 Å². The number of amides is 3. The predicted octanol–water partition coefficient (Wildman–Crippen LogP) is 11.7. The molecule has 0 saturated carbocycles. The van der Waals surface area contributed by atoms with Gasteiger partial charge in [0.05, 0.1) is 68.2 Å². The molecule has 12 rings (SSSR count). The zero-order chi connectivity index (χ0) is 73.1. The summed E-state index contributed by atoms with van der Waals surface area (Å²) in [5.41, 5.74) is 7.01. The summed E-state index contributed by atoms with van der Waals surface area (Å²) in [7, 11) is 4.43. The van der Waals surface area contributed by atoms with Gasteiger partial charge in [-0.2, -0.15) is 40.5 Å². The van der Waals surface area contributed by atoms with Crippen molar-refractivity contribution in [1.29, 1.82) is 0 Å². The number of hydrogen-bond donors (Lipinski definition) is 6. The molecule has 0 unspecified atom stereocenters. The molecule has 0 aliphatic carbocycles. The largest absolute Gasteiger partial charge is 0.369 e. The van der Waals surface area contributed by atoms with Gasteiger partial charge in [-0.3, -0.25) is 29.3 Å². The fourth-order valence-electron chi connectivity index (χ4n) is 10.5. The Morgan fingerprint density at radius 3 is 1.23 bits per heavy atom. The third-order valence-corrected chi connectivity index (χ3v) is 15.7. The van der Waals surface area contributed by atoms with Crippen molar-refractivity contribution in [2.75, 3.05) is 56.7 Å². The normalized spacial score (nSPS) is 12.1. The number of carbonyl (C=O) groups excluding carboxylic acids is 3. The molecular weight excluding hydrogens is 1350 g/mol. The van der Waals surface area contributed by atoms with Gasteiger partial charge in [0.2, 0.25) is 0 Å². The third kappa shape index (κ3) is 18.5. The van der Waals surface area contributed by atoms with Gasteiger partial charge in [-0.15, -0.1) is 0 Å². The van der Waals surface area contributed by atoms with E-state index in [1.165, 1.54) is 58.5 Å². The fourth-order valence-corrected chi connectivity index (χ4v) is 10.5. The molecule has 522 valence electrons. The minimum absolute atomic E-state index is 0. The summed E-state index contributed by atoms with van der Waals surface area (Å²) in [6.45, 7) is 14.7. The van der Waals surface area contributed by atoms with Crippen LogP contribution >= 0.6 is 40.5 Å². The van der Waals surface area contributed by atoms with Gasteiger partial charge in [0.25, 0.3) is 17.7 Å². The minimum atomic E-state index is -0.675. The maximum absolute atomic E-state index is 14.6. The van der Waals surface area contributed by atoms with Crippen molar-refractivity contribution in [1.82, 2.24) is 90.7 Å². The lowest BCUT2D eigenvalue weighted by atomic mass is 9.95. The van der Waals surface area contributed by atoms with Crippen LogP contribution in [-0.2, 0) is 0 Å². The Morgan fingerprint density at radius 1 is 0.436 bits per heavy atom. The molecule has 0 spiro atoms. The van der Waals surface area contributed by atoms with Crippen LogP contribution in [0.1, 0.15) is 129 Å². The number of aromatic nitrogens is 15. The van der Waals surface area contributed by atoms with Gasteiger partial charge in [-0.05, 0) is 42.7 Å². The van der Waals surface area contributed by atoms with Crippen LogP contribution in [0, 0.1) is 31.3 Å². The minimum Gasteiger partial charge on any atom is -0.369 e. The lowest BCUT2D eigenvalue weighted by molar-refractivity contribution is 0.0952. The molecule has 0 aliphatic rings. The van der Waals surface area contributed by atoms with Gasteiger partial charge < -0.3 is 31.9 Å². The summed E-state index contributed by atoms with van der Waals surface area (Å²) >= 11 is 0. The van der Waals surface area contributed by atoms with E-state index in [1.54, 1.807) is 62.6 Å². The van der Waals surface area contributed by atoms with Crippen molar-refractivity contribution in [3.63, 3.8) is 0 Å². The number of nitrogens with zero attached hydrogens (tertiary/aromatic N) is 15. The van der Waals surface area contributed by atoms with Crippen molar-refractivity contribution >= 4 is 108 Å². The highest BCUT2D eigenvalue weighted by molar-refractivity contribution is 7.59. The van der Waals surface area contributed by atoms with E-state index in [-0.39, 0.29) is 128 Å². The van der Waals surface area contributed by atoms with Crippen LogP contribution in [0.4, 0.5) is 30.6 Å². The van der Waals surface area contributed by atoms with Gasteiger partial charge in [0.1, 0.15) is 59.7 Å². The molecule has 12 aromatic rings. The van der Waals surface area contributed by atoms with Gasteiger partial charge in [0.15, 0.2) is 11.6 Å². The Kier molecular flexibility index (Phi) is 25.2. The highest BCUT2D eigenvalue weighted by Gasteiger charge is 2.23. The Bertz CT molecular complexity index is 5100. The van der Waals surface area contributed by atoms with Gasteiger partial charge in [-0.1, -0.05) is 77.1 Å². The van der Waals surface area contributed by atoms with E-state index >= 15 is 0 Å². The fraction of sp³-hybridized carbons (Fsp3) is 0.239. The first-order valence-electron chi connectivity index (χ1n) is 33.0. The molecule has 30 heteroatoms. The molecule has 0 bridgehead atoms. The predicted molar refractivity (Wildman–Crippen MR) is 400 cm³/mol. The maximum Gasteiger partial charge on any atom is 0.254 e. The summed E-state index contributed by atoms with van der Waals surface area (Å²) in [5, 5.41) is 18.4. The van der Waals surface area contributed by atoms with Crippen molar-refractivity contribution in [3.8, 4) is 33.8 Å². The molecular formula is C71H76F3N21O3S3. The molecule has 3 aromatic carbocycles. The zero-order valence-electron chi connectivity index (χ0n) is 60.5. The van der Waals surface area contributed by atoms with E-state index in [9.17, 15) is 27.6 Å². The number of para-hydroxylation sites is 2. The molecule has 3 atom stereocenters. The number of fused-ring (bicyclic) bond motifs is 3. The number of hydrogen-bond acceptors (Lipinski definition) is 21. The molecule has 0 aliphatic heterocycles. The number of carbonyl (C=O) groups is 3. The number of aryl methyl sites for hydroxylation is 2. The molecule has 9 aromatic heterocycles. The van der Waals surface area contributed by atoms with E-state index in [1.807, 2.05) is 58.9 Å². The van der Waals surface area contributed by atoms with E-state index in [0.717, 1.165) is 46.2 Å². The summed E-state index contributed by atoms with van der Waals surface area (Å²) in [6.07, 6.45) is 11.1. The number of halogens is 3. The first-order valence-corrected chi connectivity index (χ1v) is 31.0. The highest BCUT2D eigenvalue weighted by atomic mass is 32.1. The average molecular weight is 1430 g/mol. The number of nitrogens with one attached hydrogen (secondary N) is 6. The van der Waals surface area contributed by atoms with Crippen LogP contribution in [-0.4, -0.2) is 133 Å². The second kappa shape index (κ2) is 35.7. The van der Waals surface area contributed by atoms with Crippen molar-refractivity contribution in [2.45, 2.75) is 72.1 Å². The SMILES string of the molecule is CNC(=O)c1c(F)cnc2c([C@H](C)CNc3cc(-c4cnc(C(C)C)nc4)ncn3)cccc12.S.S.S.[2H]c1nc(C)nc([2H])c1-c1cc(NC[C@@H](C)c2ccc(F)c3c(C(=O)NC)ccnc23)ncn1.[2H]c1nc(C)nc([2H])c1-c1cc(NC[C@@H](C)c2cccc3c(C(=O)NC)c(F)cnc23)ncn1. The molecule has 0 saturated heterocycles. The molecule has 0 radical (unpaired) electrons. The van der Waals surface area contributed by atoms with E-state index in [4.69, 9.17) is 5.48 Å². The number of rotatable bonds is 19. The lowest BCUT2D eigenvalue weighted by Gasteiger charge is -2.17. The molecule has 3 amide bonds. The van der Waals surface area contributed by atoms with Crippen LogP contribution in [0.2, 0.25) is 0 Å². The summed E-state index contributed by atoms with van der Waals surface area (Å²) in [6, 6.07) is 20.4. The van der Waals surface area contributed by atoms with Crippen molar-refractivity contribution < 1.29 is 33.0 Å². The quantitative estimate of drug-likeness (QED) is 0.0438. The molecule has 6 N–H and O–H groups in total. The zero-order valence-corrected chi connectivity index (χ0v) is 59.5. The standard InChI is InChI=1S/C25H26FN7O.2C23H22FN7O.3H2S/c1-14(2)24-30-10-16(11-31-24)20-8-21(33-13-32-20)28-9-15(3)17-6-5-7-18-22(25(34)27-4)19(26)12-29-23(17)18;1-13(9-29-20-8-19(30-12-31-20)15-10-27-14(2)28-11-15)16-4-5-18(24)21-17(23(32)25-3)6-7-26-22(16)21;1-13(8-28-20-7-19(30-12-31-20)15-9-26-14(2)27-10-15)16-5-4-6-17-21(23(32)25-3)18(24)11-29-22(16)17;;;/h5-8,10-15H,9H2,1-4H3,(H,27,34)(H,28,32,33);4-8,10-13H,9H2,1-3H3,(H,25,32)(H,29,30,31);4-7,9-13H,8H2,1-3H3,(H,25,32)(H,28,30,31);3*1H2/t15-;2*13-;;;/m111.../s1/i;10D,11D;9D,10D;;;. The molecule has 24 nitrogen and oxygen atoms in total. The van der Waals surface area contributed by atoms with Gasteiger partial charge in [0, 0.05) is 159 Å². The highest BCUT2D eigenvalue weighted by Crippen LogP contribution is 2.33. The van der Waals surface area contributed by atoms with Crippen LogP contribution < -0.4 is 31.9 Å². The summed E-state index contributed by atoms with van der Waals surface area (Å²) in [5.74, 6) is 0.00414. The molecule has 101 heavy (non-hydrogen) atoms. The van der Waals surface area contributed by atoms with E-state index in [2.05, 4.69) is 107 Å². The first kappa shape index (κ1) is 71.3. The lowest BCUT2D eigenvalue weighted by Crippen LogP contribution is -2.20. The molecule has 9 heterocycles. The number of anilines is 3. The Labute approximate surface area is 607 Å². The Morgan fingerprint density at radius 2 is 0.832 bits per heavy atom. The number of pyridine rings is 3. The van der Waals surface area contributed by atoms with Gasteiger partial charge in [-0.25, -0.2) is 73.0 Å². The molecule has 0 fully saturated rings. The van der Waals surface area contributed by atoms with Crippen LogP contribution in [0.15, 0.2) is 147 Å². The average Bonchev–Trinajstić information content (AvgIpc) is 0.788. The van der Waals surface area contributed by atoms with E-state index < -0.39 is 29.3 Å². The van der Waals surface area contributed by atoms with Crippen LogP contribution in [0.5, 0.6) is 0 Å². The summed E-state index contributed by atoms with van der Waals surface area (Å²) in [4.78, 5) is 99.8. The summed E-state index contributed by atoms with van der Waals surface area (Å²) < 4.78 is 75.6. The Balaban J connectivity index is 0.000000217. The smallest absolute Gasteiger partial charge is 0.254 e. The maximum atomic E-state index is 14.6. The monoisotopic (exact) mass is 1430 g/mol. The third-order valence-electron chi connectivity index (χ3n) is 15.7. The first-order chi connectivity index (χ1) is 49.0. The second-order valence-electron chi connectivity index (χ2n) is 22.8.